The standard InChI is InChI=1S/C13H14N2O2S2/c1-19(16,17)12-5-3-11(4-6-12)18-9-10-2-7-13(14)15-8-10/h2-8H,9H2,1H3,(H2,14,15). The Hall–Kier alpha value is -1.53. The van der Waals surface area contributed by atoms with Crippen LogP contribution in [0.5, 0.6) is 0 Å². The third kappa shape index (κ3) is 3.97. The summed E-state index contributed by atoms with van der Waals surface area (Å²) in [4.78, 5) is 5.38. The Morgan fingerprint density at radius 2 is 1.84 bits per heavy atom. The molecule has 100 valence electrons. The Balaban J connectivity index is 2.02. The highest BCUT2D eigenvalue weighted by atomic mass is 32.2. The number of aromatic nitrogens is 1. The lowest BCUT2D eigenvalue weighted by Crippen LogP contribution is -1.96. The molecule has 1 aromatic heterocycles. The van der Waals surface area contributed by atoms with Crippen LogP contribution in [0, 0.1) is 0 Å². The number of anilines is 1. The summed E-state index contributed by atoms with van der Waals surface area (Å²) in [6, 6.07) is 10.6. The van der Waals surface area contributed by atoms with Crippen LogP contribution in [-0.2, 0) is 15.6 Å². The van der Waals surface area contributed by atoms with Gasteiger partial charge in [0.05, 0.1) is 4.90 Å². The summed E-state index contributed by atoms with van der Waals surface area (Å²) in [5, 5.41) is 0. The van der Waals surface area contributed by atoms with Crippen LogP contribution < -0.4 is 5.73 Å². The van der Waals surface area contributed by atoms with E-state index in [1.807, 2.05) is 18.2 Å². The summed E-state index contributed by atoms with van der Waals surface area (Å²) in [6.45, 7) is 0. The van der Waals surface area contributed by atoms with Crippen LogP contribution in [0.3, 0.4) is 0 Å². The highest BCUT2D eigenvalue weighted by Crippen LogP contribution is 2.24. The van der Waals surface area contributed by atoms with E-state index in [4.69, 9.17) is 5.73 Å². The molecule has 2 N–H and O–H groups in total. The van der Waals surface area contributed by atoms with Crippen molar-refractivity contribution in [1.82, 2.24) is 4.98 Å². The number of benzene rings is 1. The fourth-order valence-electron chi connectivity index (χ4n) is 1.47. The predicted octanol–water partition coefficient (Wildman–Crippen LogP) is 2.36. The Kier molecular flexibility index (Phi) is 4.11. The fourth-order valence-corrected chi connectivity index (χ4v) is 2.93. The molecular formula is C13H14N2O2S2. The van der Waals surface area contributed by atoms with E-state index in [1.165, 1.54) is 6.26 Å². The maximum atomic E-state index is 11.3. The van der Waals surface area contributed by atoms with Crippen LogP contribution in [0.2, 0.25) is 0 Å². The second-order valence-electron chi connectivity index (χ2n) is 4.12. The average molecular weight is 294 g/mol. The van der Waals surface area contributed by atoms with E-state index >= 15 is 0 Å². The van der Waals surface area contributed by atoms with E-state index in [-0.39, 0.29) is 0 Å². The molecule has 0 aliphatic heterocycles. The van der Waals surface area contributed by atoms with E-state index in [9.17, 15) is 8.42 Å². The van der Waals surface area contributed by atoms with Crippen LogP contribution >= 0.6 is 11.8 Å². The van der Waals surface area contributed by atoms with Gasteiger partial charge in [0.15, 0.2) is 9.84 Å². The maximum Gasteiger partial charge on any atom is 0.175 e. The lowest BCUT2D eigenvalue weighted by molar-refractivity contribution is 0.602. The van der Waals surface area contributed by atoms with Crippen molar-refractivity contribution in [2.45, 2.75) is 15.5 Å². The van der Waals surface area contributed by atoms with E-state index in [1.54, 1.807) is 36.2 Å². The van der Waals surface area contributed by atoms with Crippen molar-refractivity contribution < 1.29 is 8.42 Å². The van der Waals surface area contributed by atoms with Crippen molar-refractivity contribution in [3.8, 4) is 0 Å². The van der Waals surface area contributed by atoms with E-state index in [0.29, 0.717) is 10.7 Å². The molecule has 0 bridgehead atoms. The molecule has 0 aliphatic rings. The summed E-state index contributed by atoms with van der Waals surface area (Å²) in [5.41, 5.74) is 6.59. The molecule has 19 heavy (non-hydrogen) atoms. The number of thioether (sulfide) groups is 1. The second-order valence-corrected chi connectivity index (χ2v) is 7.19. The first-order valence-electron chi connectivity index (χ1n) is 5.58. The average Bonchev–Trinajstić information content (AvgIpc) is 2.37. The topological polar surface area (TPSA) is 73.0 Å². The molecule has 1 aromatic carbocycles. The molecule has 0 fully saturated rings. The van der Waals surface area contributed by atoms with Gasteiger partial charge in [-0.3, -0.25) is 0 Å². The highest BCUT2D eigenvalue weighted by Gasteiger charge is 2.06. The van der Waals surface area contributed by atoms with Crippen molar-refractivity contribution >= 4 is 27.4 Å². The van der Waals surface area contributed by atoms with E-state index < -0.39 is 9.84 Å². The molecular weight excluding hydrogens is 280 g/mol. The van der Waals surface area contributed by atoms with Gasteiger partial charge in [0.2, 0.25) is 0 Å². The van der Waals surface area contributed by atoms with Gasteiger partial charge in [-0.15, -0.1) is 11.8 Å². The minimum atomic E-state index is -3.12. The number of pyridine rings is 1. The Bertz CT molecular complexity index is 650. The van der Waals surface area contributed by atoms with E-state index in [0.717, 1.165) is 16.2 Å². The molecule has 0 atom stereocenters. The van der Waals surface area contributed by atoms with Crippen molar-refractivity contribution in [2.24, 2.45) is 0 Å². The van der Waals surface area contributed by atoms with Gasteiger partial charge < -0.3 is 5.73 Å². The number of nitrogens with zero attached hydrogens (tertiary/aromatic N) is 1. The van der Waals surface area contributed by atoms with Crippen molar-refractivity contribution in [3.63, 3.8) is 0 Å². The summed E-state index contributed by atoms with van der Waals surface area (Å²) in [7, 11) is -3.12. The van der Waals surface area contributed by atoms with Gasteiger partial charge in [0.25, 0.3) is 0 Å². The maximum absolute atomic E-state index is 11.3. The summed E-state index contributed by atoms with van der Waals surface area (Å²) in [6.07, 6.45) is 2.95. The van der Waals surface area contributed by atoms with Gasteiger partial charge in [-0.1, -0.05) is 6.07 Å². The van der Waals surface area contributed by atoms with Crippen LogP contribution in [0.25, 0.3) is 0 Å². The molecule has 6 heteroatoms. The van der Waals surface area contributed by atoms with Crippen molar-refractivity contribution in [1.29, 1.82) is 0 Å². The van der Waals surface area contributed by atoms with Crippen LogP contribution in [0.4, 0.5) is 5.82 Å². The second kappa shape index (κ2) is 5.63. The van der Waals surface area contributed by atoms with Gasteiger partial charge in [0, 0.05) is 23.1 Å². The third-order valence-corrected chi connectivity index (χ3v) is 4.72. The molecule has 0 unspecified atom stereocenters. The number of hydrogen-bond donors (Lipinski definition) is 1. The smallest absolute Gasteiger partial charge is 0.175 e. The van der Waals surface area contributed by atoms with Crippen molar-refractivity contribution in [2.75, 3.05) is 12.0 Å². The number of rotatable bonds is 4. The highest BCUT2D eigenvalue weighted by molar-refractivity contribution is 7.98. The van der Waals surface area contributed by atoms with Gasteiger partial charge in [-0.25, -0.2) is 13.4 Å². The first kappa shape index (κ1) is 13.9. The zero-order valence-electron chi connectivity index (χ0n) is 10.4. The SMILES string of the molecule is CS(=O)(=O)c1ccc(SCc2ccc(N)nc2)cc1. The molecule has 2 rings (SSSR count). The van der Waals surface area contributed by atoms with E-state index in [2.05, 4.69) is 4.98 Å². The Morgan fingerprint density at radius 3 is 2.37 bits per heavy atom. The first-order chi connectivity index (χ1) is 8.95. The van der Waals surface area contributed by atoms with Gasteiger partial charge in [-0.2, -0.15) is 0 Å². The zero-order chi connectivity index (χ0) is 13.9. The molecule has 0 radical (unpaired) electrons. The summed E-state index contributed by atoms with van der Waals surface area (Å²) < 4.78 is 22.7. The minimum Gasteiger partial charge on any atom is -0.384 e. The Morgan fingerprint density at radius 1 is 1.16 bits per heavy atom. The van der Waals surface area contributed by atoms with Gasteiger partial charge >= 0.3 is 0 Å². The fraction of sp³-hybridized carbons (Fsp3) is 0.154. The predicted molar refractivity (Wildman–Crippen MR) is 77.8 cm³/mol. The monoisotopic (exact) mass is 294 g/mol. The number of nitrogens with two attached hydrogens (primary N) is 1. The van der Waals surface area contributed by atoms with Gasteiger partial charge in [-0.05, 0) is 35.9 Å². The summed E-state index contributed by atoms with van der Waals surface area (Å²) >= 11 is 1.62. The molecule has 0 saturated heterocycles. The summed E-state index contributed by atoms with van der Waals surface area (Å²) in [5.74, 6) is 1.28. The molecule has 0 saturated carbocycles. The number of sulfone groups is 1. The Labute approximate surface area is 117 Å². The largest absolute Gasteiger partial charge is 0.384 e. The lowest BCUT2D eigenvalue weighted by atomic mass is 10.3. The van der Waals surface area contributed by atoms with Gasteiger partial charge in [0.1, 0.15) is 5.82 Å². The van der Waals surface area contributed by atoms with Crippen LogP contribution in [0.15, 0.2) is 52.4 Å². The molecule has 0 spiro atoms. The lowest BCUT2D eigenvalue weighted by Gasteiger charge is -2.03. The number of hydrogen-bond acceptors (Lipinski definition) is 5. The molecule has 4 nitrogen and oxygen atoms in total. The van der Waals surface area contributed by atoms with Crippen LogP contribution in [-0.4, -0.2) is 19.7 Å². The minimum absolute atomic E-state index is 0.339. The zero-order valence-corrected chi connectivity index (χ0v) is 12.0. The normalized spacial score (nSPS) is 11.4. The molecule has 0 aliphatic carbocycles. The first-order valence-corrected chi connectivity index (χ1v) is 8.46. The quantitative estimate of drug-likeness (QED) is 0.876. The molecule has 0 amide bonds. The molecule has 1 heterocycles. The molecule has 2 aromatic rings. The number of nitrogen functional groups attached to an aromatic ring is 1. The van der Waals surface area contributed by atoms with Crippen LogP contribution in [0.1, 0.15) is 5.56 Å². The van der Waals surface area contributed by atoms with Crippen molar-refractivity contribution in [3.05, 3.63) is 48.2 Å². The third-order valence-electron chi connectivity index (χ3n) is 2.51.